The SMILES string of the molecule is CC(C)(C)[Si](C)(C)O[C@@H](CN=[N+]=[N-])CC(=O)c1ccccc1. The maximum Gasteiger partial charge on any atom is 0.192 e. The maximum absolute atomic E-state index is 12.4. The van der Waals surface area contributed by atoms with Crippen LogP contribution in [0.4, 0.5) is 0 Å². The van der Waals surface area contributed by atoms with Gasteiger partial charge in [0.1, 0.15) is 0 Å². The lowest BCUT2D eigenvalue weighted by Gasteiger charge is -2.39. The summed E-state index contributed by atoms with van der Waals surface area (Å²) in [5, 5.41) is 3.65. The number of carbonyl (C=O) groups is 1. The Balaban J connectivity index is 2.85. The van der Waals surface area contributed by atoms with E-state index in [2.05, 4.69) is 43.9 Å². The number of hydrogen-bond donors (Lipinski definition) is 0. The van der Waals surface area contributed by atoms with Crippen molar-refractivity contribution < 1.29 is 9.22 Å². The molecule has 5 nitrogen and oxygen atoms in total. The average Bonchev–Trinajstić information content (AvgIpc) is 2.44. The highest BCUT2D eigenvalue weighted by Crippen LogP contribution is 2.37. The van der Waals surface area contributed by atoms with Gasteiger partial charge >= 0.3 is 0 Å². The smallest absolute Gasteiger partial charge is 0.192 e. The van der Waals surface area contributed by atoms with Crippen LogP contribution in [0, 0.1) is 0 Å². The minimum absolute atomic E-state index is 0.0115. The molecule has 0 aliphatic rings. The van der Waals surface area contributed by atoms with Crippen molar-refractivity contribution in [3.8, 4) is 0 Å². The predicted octanol–water partition coefficient (Wildman–Crippen LogP) is 4.96. The Morgan fingerprint density at radius 2 is 1.91 bits per heavy atom. The van der Waals surface area contributed by atoms with E-state index in [1.807, 2.05) is 18.2 Å². The topological polar surface area (TPSA) is 75.1 Å². The van der Waals surface area contributed by atoms with Crippen molar-refractivity contribution in [3.05, 3.63) is 46.3 Å². The van der Waals surface area contributed by atoms with Gasteiger partial charge in [-0.15, -0.1) is 0 Å². The van der Waals surface area contributed by atoms with Crippen LogP contribution in [0.15, 0.2) is 35.4 Å². The lowest BCUT2D eigenvalue weighted by molar-refractivity contribution is 0.0900. The van der Waals surface area contributed by atoms with Crippen LogP contribution in [0.2, 0.25) is 18.1 Å². The molecule has 120 valence electrons. The van der Waals surface area contributed by atoms with E-state index in [-0.39, 0.29) is 29.9 Å². The van der Waals surface area contributed by atoms with Gasteiger partial charge in [0, 0.05) is 16.9 Å². The summed E-state index contributed by atoms with van der Waals surface area (Å²) in [7, 11) is -2.02. The number of carbonyl (C=O) groups excluding carboxylic acids is 1. The van der Waals surface area contributed by atoms with Gasteiger partial charge in [-0.05, 0) is 23.7 Å². The fraction of sp³-hybridized carbons (Fsp3) is 0.562. The first-order chi connectivity index (χ1) is 10.2. The number of Topliss-reactive ketones (excluding diaryl/α,β-unsaturated/α-hetero) is 1. The summed E-state index contributed by atoms with van der Waals surface area (Å²) >= 11 is 0. The third kappa shape index (κ3) is 5.29. The van der Waals surface area contributed by atoms with Crippen molar-refractivity contribution in [2.24, 2.45) is 5.11 Å². The number of rotatable bonds is 7. The molecule has 0 bridgehead atoms. The highest BCUT2D eigenvalue weighted by Gasteiger charge is 2.39. The van der Waals surface area contributed by atoms with Crippen LogP contribution < -0.4 is 0 Å². The van der Waals surface area contributed by atoms with Crippen LogP contribution in [0.3, 0.4) is 0 Å². The molecule has 0 heterocycles. The molecule has 0 aliphatic heterocycles. The Hall–Kier alpha value is -1.62. The van der Waals surface area contributed by atoms with Gasteiger partial charge in [-0.25, -0.2) is 0 Å². The van der Waals surface area contributed by atoms with E-state index in [1.54, 1.807) is 12.1 Å². The molecule has 0 aliphatic carbocycles. The van der Waals surface area contributed by atoms with Gasteiger partial charge in [0.05, 0.1) is 12.6 Å². The number of nitrogens with zero attached hydrogens (tertiary/aromatic N) is 3. The van der Waals surface area contributed by atoms with E-state index < -0.39 is 8.32 Å². The summed E-state index contributed by atoms with van der Waals surface area (Å²) in [5.41, 5.74) is 9.21. The molecular weight excluding hydrogens is 294 g/mol. The molecule has 0 aromatic heterocycles. The molecule has 22 heavy (non-hydrogen) atoms. The molecule has 0 amide bonds. The molecule has 1 atom stereocenters. The summed E-state index contributed by atoms with van der Waals surface area (Å²) in [5.74, 6) is 0.0115. The van der Waals surface area contributed by atoms with Crippen LogP contribution in [-0.2, 0) is 4.43 Å². The van der Waals surface area contributed by atoms with E-state index in [0.29, 0.717) is 5.56 Å². The predicted molar refractivity (Wildman–Crippen MR) is 91.5 cm³/mol. The maximum atomic E-state index is 12.4. The molecule has 0 N–H and O–H groups in total. The third-order valence-corrected chi connectivity index (χ3v) is 8.66. The summed E-state index contributed by atoms with van der Waals surface area (Å²) in [4.78, 5) is 15.2. The Morgan fingerprint density at radius 3 is 2.41 bits per heavy atom. The fourth-order valence-corrected chi connectivity index (χ4v) is 3.16. The Kier molecular flexibility index (Phi) is 6.35. The van der Waals surface area contributed by atoms with Gasteiger partial charge in [-0.2, -0.15) is 0 Å². The lowest BCUT2D eigenvalue weighted by Crippen LogP contribution is -2.45. The highest BCUT2D eigenvalue weighted by atomic mass is 28.4. The zero-order valence-corrected chi connectivity index (χ0v) is 15.0. The normalized spacial score (nSPS) is 13.3. The average molecular weight is 319 g/mol. The van der Waals surface area contributed by atoms with Crippen molar-refractivity contribution in [2.45, 2.75) is 51.4 Å². The summed E-state index contributed by atoms with van der Waals surface area (Å²) in [6.07, 6.45) is -0.139. The minimum Gasteiger partial charge on any atom is -0.413 e. The number of hydrogen-bond acceptors (Lipinski definition) is 3. The molecule has 0 fully saturated rings. The van der Waals surface area contributed by atoms with Gasteiger partial charge in [0.15, 0.2) is 14.1 Å². The first-order valence-corrected chi connectivity index (χ1v) is 10.3. The first kappa shape index (κ1) is 18.4. The van der Waals surface area contributed by atoms with Gasteiger partial charge in [0.25, 0.3) is 0 Å². The molecule has 1 aromatic rings. The molecule has 0 saturated carbocycles. The Labute approximate surface area is 133 Å². The number of ketones is 1. The monoisotopic (exact) mass is 319 g/mol. The Bertz CT molecular complexity index is 546. The largest absolute Gasteiger partial charge is 0.413 e. The van der Waals surface area contributed by atoms with Gasteiger partial charge in [-0.1, -0.05) is 56.2 Å². The van der Waals surface area contributed by atoms with E-state index >= 15 is 0 Å². The number of azide groups is 1. The van der Waals surface area contributed by atoms with Gasteiger partial charge in [-0.3, -0.25) is 4.79 Å². The highest BCUT2D eigenvalue weighted by molar-refractivity contribution is 6.74. The zero-order valence-electron chi connectivity index (χ0n) is 14.0. The molecule has 6 heteroatoms. The second-order valence-corrected chi connectivity index (χ2v) is 11.7. The zero-order chi connectivity index (χ0) is 16.8. The van der Waals surface area contributed by atoms with E-state index in [4.69, 9.17) is 9.96 Å². The van der Waals surface area contributed by atoms with Crippen LogP contribution >= 0.6 is 0 Å². The summed E-state index contributed by atoms with van der Waals surface area (Å²) in [6, 6.07) is 9.13. The van der Waals surface area contributed by atoms with Gasteiger partial charge in [0.2, 0.25) is 0 Å². The third-order valence-electron chi connectivity index (χ3n) is 4.12. The molecule has 1 aromatic carbocycles. The number of benzene rings is 1. The van der Waals surface area contributed by atoms with Crippen LogP contribution in [-0.4, -0.2) is 26.7 Å². The van der Waals surface area contributed by atoms with E-state index in [1.165, 1.54) is 0 Å². The van der Waals surface area contributed by atoms with E-state index in [9.17, 15) is 4.79 Å². The standard InChI is InChI=1S/C16H25N3O2Si/c1-16(2,3)22(4,5)21-14(12-18-19-17)11-15(20)13-9-7-6-8-10-13/h6-10,14H,11-12H2,1-5H3/t14-/m1/s1. The van der Waals surface area contributed by atoms with Crippen molar-refractivity contribution >= 4 is 14.1 Å². The molecule has 0 spiro atoms. The second-order valence-electron chi connectivity index (χ2n) is 6.91. The molecule has 1 rings (SSSR count). The first-order valence-electron chi connectivity index (χ1n) is 7.44. The molecule has 0 saturated heterocycles. The molecule has 0 radical (unpaired) electrons. The van der Waals surface area contributed by atoms with Crippen molar-refractivity contribution in [2.75, 3.05) is 6.54 Å². The van der Waals surface area contributed by atoms with Crippen LogP contribution in [0.1, 0.15) is 37.6 Å². The minimum atomic E-state index is -2.02. The quantitative estimate of drug-likeness (QED) is 0.234. The Morgan fingerprint density at radius 1 is 1.32 bits per heavy atom. The van der Waals surface area contributed by atoms with Crippen molar-refractivity contribution in [1.29, 1.82) is 0 Å². The van der Waals surface area contributed by atoms with Crippen molar-refractivity contribution in [1.82, 2.24) is 0 Å². The van der Waals surface area contributed by atoms with Gasteiger partial charge < -0.3 is 4.43 Å². The molecular formula is C16H25N3O2Si. The van der Waals surface area contributed by atoms with E-state index in [0.717, 1.165) is 0 Å². The summed E-state index contributed by atoms with van der Waals surface area (Å²) in [6.45, 7) is 10.9. The molecule has 0 unspecified atom stereocenters. The summed E-state index contributed by atoms with van der Waals surface area (Å²) < 4.78 is 6.25. The fourth-order valence-electron chi connectivity index (χ4n) is 1.81. The van der Waals surface area contributed by atoms with Crippen LogP contribution in [0.25, 0.3) is 10.4 Å². The van der Waals surface area contributed by atoms with Crippen LogP contribution in [0.5, 0.6) is 0 Å². The second kappa shape index (κ2) is 7.58. The van der Waals surface area contributed by atoms with Crippen molar-refractivity contribution in [3.63, 3.8) is 0 Å². The lowest BCUT2D eigenvalue weighted by atomic mass is 10.1.